The highest BCUT2D eigenvalue weighted by atomic mass is 28.3. The summed E-state index contributed by atoms with van der Waals surface area (Å²) in [5, 5.41) is 1.40. The van der Waals surface area contributed by atoms with Gasteiger partial charge in [-0.3, -0.25) is 4.79 Å². The van der Waals surface area contributed by atoms with Crippen LogP contribution in [0.2, 0.25) is 19.6 Å². The highest BCUT2D eigenvalue weighted by Crippen LogP contribution is 2.49. The van der Waals surface area contributed by atoms with Crippen LogP contribution in [-0.2, 0) is 14.9 Å². The van der Waals surface area contributed by atoms with Gasteiger partial charge in [0.1, 0.15) is 0 Å². The Hall–Kier alpha value is -1.55. The van der Waals surface area contributed by atoms with E-state index in [4.69, 9.17) is 10.5 Å². The quantitative estimate of drug-likeness (QED) is 0.523. The molecule has 2 rings (SSSR count). The molecule has 4 heteroatoms. The van der Waals surface area contributed by atoms with Crippen LogP contribution in [0.5, 0.6) is 0 Å². The van der Waals surface area contributed by atoms with Crippen molar-refractivity contribution in [1.29, 1.82) is 0 Å². The van der Waals surface area contributed by atoms with Gasteiger partial charge >= 0.3 is 5.97 Å². The fourth-order valence-electron chi connectivity index (χ4n) is 2.38. The molecule has 1 aromatic carbocycles. The van der Waals surface area contributed by atoms with E-state index in [0.29, 0.717) is 0 Å². The third-order valence-corrected chi connectivity index (χ3v) is 7.03. The van der Waals surface area contributed by atoms with Crippen LogP contribution in [0, 0.1) is 0 Å². The lowest BCUT2D eigenvalue weighted by Crippen LogP contribution is -2.22. The number of benzene rings is 1. The van der Waals surface area contributed by atoms with Crippen LogP contribution in [0.1, 0.15) is 30.9 Å². The number of rotatable bonds is 4. The zero-order valence-electron chi connectivity index (χ0n) is 13.6. The molecule has 0 aliphatic heterocycles. The number of ether oxygens (including phenoxy) is 1. The smallest absolute Gasteiger partial charge is 0.316 e. The molecule has 0 bridgehead atoms. The largest absolute Gasteiger partial charge is 0.468 e. The molecule has 21 heavy (non-hydrogen) atoms. The third-order valence-electron chi connectivity index (χ3n) is 4.52. The minimum Gasteiger partial charge on any atom is -0.468 e. The second kappa shape index (κ2) is 5.33. The summed E-state index contributed by atoms with van der Waals surface area (Å²) in [7, 11) is 0.125. The van der Waals surface area contributed by atoms with Crippen molar-refractivity contribution < 1.29 is 9.53 Å². The summed E-state index contributed by atoms with van der Waals surface area (Å²) in [6.45, 7) is 9.12. The van der Waals surface area contributed by atoms with Crippen molar-refractivity contribution in [1.82, 2.24) is 0 Å². The average molecular weight is 303 g/mol. The van der Waals surface area contributed by atoms with Gasteiger partial charge < -0.3 is 10.5 Å². The number of allylic oxidation sites excluding steroid dienone is 1. The Labute approximate surface area is 128 Å². The van der Waals surface area contributed by atoms with Gasteiger partial charge in [0.25, 0.3) is 0 Å². The Balaban J connectivity index is 2.42. The van der Waals surface area contributed by atoms with Gasteiger partial charge in [0.15, 0.2) is 0 Å². The van der Waals surface area contributed by atoms with E-state index in [1.54, 1.807) is 0 Å². The lowest BCUT2D eigenvalue weighted by atomic mass is 9.93. The second-order valence-electron chi connectivity index (χ2n) is 6.99. The minimum absolute atomic E-state index is 0.135. The van der Waals surface area contributed by atoms with E-state index < -0.39 is 13.5 Å². The molecular weight excluding hydrogens is 278 g/mol. The summed E-state index contributed by atoms with van der Waals surface area (Å²) < 4.78 is 4.96. The number of esters is 1. The molecule has 1 aliphatic carbocycles. The fraction of sp³-hybridized carbons (Fsp3) is 0.471. The third kappa shape index (κ3) is 3.05. The van der Waals surface area contributed by atoms with Gasteiger partial charge in [-0.2, -0.15) is 0 Å². The molecule has 0 saturated heterocycles. The average Bonchev–Trinajstić information content (AvgIpc) is 3.20. The Kier molecular flexibility index (Phi) is 4.02. The highest BCUT2D eigenvalue weighted by molar-refractivity contribution is 6.83. The summed E-state index contributed by atoms with van der Waals surface area (Å²) in [4.78, 5) is 12.0. The molecule has 0 spiro atoms. The van der Waals surface area contributed by atoms with Crippen molar-refractivity contribution in [3.05, 3.63) is 34.5 Å². The van der Waals surface area contributed by atoms with Gasteiger partial charge in [-0.25, -0.2) is 0 Å². The van der Waals surface area contributed by atoms with Gasteiger partial charge in [0, 0.05) is 5.69 Å². The topological polar surface area (TPSA) is 52.3 Å². The predicted molar refractivity (Wildman–Crippen MR) is 90.8 cm³/mol. The Bertz CT molecular complexity index is 595. The molecule has 0 heterocycles. The summed E-state index contributed by atoms with van der Waals surface area (Å²) >= 11 is 0. The number of carbonyl (C=O) groups excluding carboxylic acids is 1. The van der Waals surface area contributed by atoms with E-state index >= 15 is 0 Å². The van der Waals surface area contributed by atoms with Gasteiger partial charge in [0.2, 0.25) is 0 Å². The van der Waals surface area contributed by atoms with Crippen LogP contribution in [-0.4, -0.2) is 21.2 Å². The number of hydrogen-bond acceptors (Lipinski definition) is 3. The lowest BCUT2D eigenvalue weighted by Gasteiger charge is -2.18. The predicted octanol–water partition coefficient (Wildman–Crippen LogP) is 3.75. The number of methoxy groups -OCH3 is 1. The number of carbonyl (C=O) groups is 1. The Morgan fingerprint density at radius 2 is 1.95 bits per heavy atom. The maximum Gasteiger partial charge on any atom is 0.316 e. The second-order valence-corrected chi connectivity index (χ2v) is 12.3. The zero-order valence-corrected chi connectivity index (χ0v) is 14.6. The van der Waals surface area contributed by atoms with Crippen LogP contribution < -0.4 is 5.73 Å². The van der Waals surface area contributed by atoms with Crippen molar-refractivity contribution in [2.24, 2.45) is 0 Å². The first-order valence-electron chi connectivity index (χ1n) is 7.38. The molecule has 0 amide bonds. The van der Waals surface area contributed by atoms with E-state index in [1.165, 1.54) is 12.3 Å². The van der Waals surface area contributed by atoms with Gasteiger partial charge in [-0.15, -0.1) is 0 Å². The SMILES string of the molecule is COC(=O)C1(c2ccc(N)c(/C=C(/C)[Si](C)(C)C)c2)CC1. The van der Waals surface area contributed by atoms with E-state index in [-0.39, 0.29) is 5.97 Å². The summed E-state index contributed by atoms with van der Waals surface area (Å²) in [5.74, 6) is -0.135. The van der Waals surface area contributed by atoms with Crippen molar-refractivity contribution in [3.8, 4) is 0 Å². The van der Waals surface area contributed by atoms with E-state index in [0.717, 1.165) is 29.7 Å². The maximum atomic E-state index is 12.0. The first kappa shape index (κ1) is 15.8. The van der Waals surface area contributed by atoms with Crippen LogP contribution >= 0.6 is 0 Å². The standard InChI is InChI=1S/C17H25NO2Si/c1-12(21(3,4)5)10-13-11-14(6-7-15(13)18)17(8-9-17)16(19)20-2/h6-7,10-11H,8-9,18H2,1-5H3/b12-10-. The zero-order chi connectivity index (χ0) is 15.8. The minimum atomic E-state index is -1.33. The molecule has 2 N–H and O–H groups in total. The summed E-state index contributed by atoms with van der Waals surface area (Å²) in [6, 6.07) is 5.92. The molecular formula is C17H25NO2Si. The maximum absolute atomic E-state index is 12.0. The molecule has 1 aromatic rings. The number of anilines is 1. The number of nitrogens with two attached hydrogens (primary N) is 1. The van der Waals surface area contributed by atoms with Crippen molar-refractivity contribution in [3.63, 3.8) is 0 Å². The molecule has 0 unspecified atom stereocenters. The van der Waals surface area contributed by atoms with Crippen LogP contribution in [0.15, 0.2) is 23.4 Å². The highest BCUT2D eigenvalue weighted by Gasteiger charge is 2.52. The molecule has 0 radical (unpaired) electrons. The molecule has 114 valence electrons. The van der Waals surface area contributed by atoms with Crippen LogP contribution in [0.25, 0.3) is 6.08 Å². The molecule has 0 atom stereocenters. The van der Waals surface area contributed by atoms with E-state index in [2.05, 4.69) is 38.7 Å². The van der Waals surface area contributed by atoms with Gasteiger partial charge in [-0.1, -0.05) is 37.0 Å². The van der Waals surface area contributed by atoms with Crippen LogP contribution in [0.3, 0.4) is 0 Å². The normalized spacial score (nSPS) is 17.5. The number of hydrogen-bond donors (Lipinski definition) is 1. The van der Waals surface area contributed by atoms with Gasteiger partial charge in [-0.05, 0) is 43.0 Å². The van der Waals surface area contributed by atoms with Crippen molar-refractivity contribution >= 4 is 25.8 Å². The van der Waals surface area contributed by atoms with Crippen molar-refractivity contribution in [2.45, 2.75) is 44.8 Å². The lowest BCUT2D eigenvalue weighted by molar-refractivity contribution is -0.143. The Morgan fingerprint density at radius 3 is 2.43 bits per heavy atom. The van der Waals surface area contributed by atoms with Gasteiger partial charge in [0.05, 0.1) is 20.6 Å². The van der Waals surface area contributed by atoms with E-state index in [9.17, 15) is 4.79 Å². The molecule has 1 saturated carbocycles. The fourth-order valence-corrected chi connectivity index (χ4v) is 2.97. The van der Waals surface area contributed by atoms with Crippen LogP contribution in [0.4, 0.5) is 5.69 Å². The molecule has 1 aliphatic rings. The summed E-state index contributed by atoms with van der Waals surface area (Å²) in [5.41, 5.74) is 8.48. The van der Waals surface area contributed by atoms with Crippen molar-refractivity contribution in [2.75, 3.05) is 12.8 Å². The summed E-state index contributed by atoms with van der Waals surface area (Å²) in [6.07, 6.45) is 3.90. The number of nitrogen functional groups attached to an aromatic ring is 1. The first-order valence-corrected chi connectivity index (χ1v) is 10.9. The molecule has 1 fully saturated rings. The monoisotopic (exact) mass is 303 g/mol. The Morgan fingerprint density at radius 1 is 1.33 bits per heavy atom. The first-order chi connectivity index (χ1) is 9.70. The van der Waals surface area contributed by atoms with E-state index in [1.807, 2.05) is 12.1 Å². The molecule has 3 nitrogen and oxygen atoms in total. The molecule has 0 aromatic heterocycles.